The Hall–Kier alpha value is -3.58. The van der Waals surface area contributed by atoms with E-state index in [0.717, 1.165) is 0 Å². The molecule has 0 spiro atoms. The third-order valence-corrected chi connectivity index (χ3v) is 4.62. The van der Waals surface area contributed by atoms with Gasteiger partial charge < -0.3 is 20.1 Å². The van der Waals surface area contributed by atoms with Gasteiger partial charge in [-0.1, -0.05) is 11.6 Å². The number of amides is 2. The molecule has 0 bridgehead atoms. The fourth-order valence-electron chi connectivity index (χ4n) is 2.67. The van der Waals surface area contributed by atoms with Gasteiger partial charge in [-0.3, -0.25) is 9.59 Å². The summed E-state index contributed by atoms with van der Waals surface area (Å²) in [5.74, 6) is -0.161. The van der Waals surface area contributed by atoms with Crippen molar-refractivity contribution < 1.29 is 23.5 Å². The van der Waals surface area contributed by atoms with Crippen LogP contribution in [-0.4, -0.2) is 25.0 Å². The molecular weight excluding hydrogens is 423 g/mol. The Morgan fingerprint density at radius 2 is 1.58 bits per heavy atom. The fraction of sp³-hybridized carbons (Fsp3) is 0.130. The molecule has 2 amide bonds. The van der Waals surface area contributed by atoms with E-state index in [-0.39, 0.29) is 17.6 Å². The van der Waals surface area contributed by atoms with Crippen LogP contribution in [0.4, 0.5) is 15.8 Å². The van der Waals surface area contributed by atoms with Crippen molar-refractivity contribution in [3.8, 4) is 11.5 Å². The van der Waals surface area contributed by atoms with Crippen LogP contribution in [0.5, 0.6) is 11.5 Å². The molecule has 3 aromatic carbocycles. The number of carbonyl (C=O) groups excluding carboxylic acids is 2. The lowest BCUT2D eigenvalue weighted by molar-refractivity contribution is -0.122. The Balaban J connectivity index is 1.57. The van der Waals surface area contributed by atoms with Crippen molar-refractivity contribution in [2.75, 3.05) is 17.7 Å². The Bertz CT molecular complexity index is 1070. The van der Waals surface area contributed by atoms with Crippen LogP contribution in [-0.2, 0) is 4.79 Å². The standard InChI is InChI=1S/C23H20ClFN2O4/c1-14(22(28)26-17-7-5-16(25)6-8-17)31-19-10-3-15(4-11-19)23(29)27-18-9-12-21(30-2)20(24)13-18/h3-14H,1-2H3,(H,26,28)(H,27,29). The van der Waals surface area contributed by atoms with Crippen LogP contribution in [0.25, 0.3) is 0 Å². The summed E-state index contributed by atoms with van der Waals surface area (Å²) in [7, 11) is 1.51. The Labute approximate surface area is 183 Å². The van der Waals surface area contributed by atoms with Crippen LogP contribution in [0.2, 0.25) is 5.02 Å². The van der Waals surface area contributed by atoms with Crippen molar-refractivity contribution in [3.63, 3.8) is 0 Å². The number of hydrogen-bond donors (Lipinski definition) is 2. The van der Waals surface area contributed by atoms with Crippen molar-refractivity contribution in [1.82, 2.24) is 0 Å². The van der Waals surface area contributed by atoms with Gasteiger partial charge in [-0.2, -0.15) is 0 Å². The first-order chi connectivity index (χ1) is 14.9. The molecule has 6 nitrogen and oxygen atoms in total. The second-order valence-electron chi connectivity index (χ2n) is 6.58. The summed E-state index contributed by atoms with van der Waals surface area (Å²) >= 11 is 6.07. The summed E-state index contributed by atoms with van der Waals surface area (Å²) < 4.78 is 23.7. The maximum atomic E-state index is 13.0. The summed E-state index contributed by atoms with van der Waals surface area (Å²) in [5.41, 5.74) is 1.40. The molecule has 0 aliphatic heterocycles. The van der Waals surface area contributed by atoms with Crippen molar-refractivity contribution in [2.45, 2.75) is 13.0 Å². The van der Waals surface area contributed by atoms with Crippen LogP contribution >= 0.6 is 11.6 Å². The highest BCUT2D eigenvalue weighted by Crippen LogP contribution is 2.27. The fourth-order valence-corrected chi connectivity index (χ4v) is 2.92. The van der Waals surface area contributed by atoms with E-state index in [1.165, 1.54) is 31.4 Å². The molecule has 160 valence electrons. The van der Waals surface area contributed by atoms with Gasteiger partial charge in [0.25, 0.3) is 11.8 Å². The number of methoxy groups -OCH3 is 1. The summed E-state index contributed by atoms with van der Waals surface area (Å²) in [6.45, 7) is 1.59. The second-order valence-corrected chi connectivity index (χ2v) is 6.99. The molecule has 3 rings (SSSR count). The topological polar surface area (TPSA) is 76.7 Å². The monoisotopic (exact) mass is 442 g/mol. The summed E-state index contributed by atoms with van der Waals surface area (Å²) in [4.78, 5) is 24.7. The third-order valence-electron chi connectivity index (χ3n) is 4.32. The van der Waals surface area contributed by atoms with Crippen molar-refractivity contribution in [2.24, 2.45) is 0 Å². The van der Waals surface area contributed by atoms with E-state index in [2.05, 4.69) is 10.6 Å². The summed E-state index contributed by atoms with van der Waals surface area (Å²) in [6.07, 6.45) is -0.800. The van der Waals surface area contributed by atoms with E-state index in [0.29, 0.717) is 33.5 Å². The highest BCUT2D eigenvalue weighted by molar-refractivity contribution is 6.32. The van der Waals surface area contributed by atoms with E-state index in [1.807, 2.05) is 0 Å². The zero-order chi connectivity index (χ0) is 22.4. The number of anilines is 2. The maximum absolute atomic E-state index is 13.0. The lowest BCUT2D eigenvalue weighted by Gasteiger charge is -2.15. The van der Waals surface area contributed by atoms with E-state index in [9.17, 15) is 14.0 Å². The highest BCUT2D eigenvalue weighted by Gasteiger charge is 2.15. The van der Waals surface area contributed by atoms with Gasteiger partial charge in [0, 0.05) is 16.9 Å². The first-order valence-corrected chi connectivity index (χ1v) is 9.71. The molecule has 0 saturated carbocycles. The van der Waals surface area contributed by atoms with Gasteiger partial charge >= 0.3 is 0 Å². The van der Waals surface area contributed by atoms with Gasteiger partial charge in [0.1, 0.15) is 17.3 Å². The van der Waals surface area contributed by atoms with Crippen molar-refractivity contribution in [3.05, 3.63) is 83.1 Å². The Kier molecular flexibility index (Phi) is 7.10. The molecule has 0 heterocycles. The number of rotatable bonds is 7. The predicted octanol–water partition coefficient (Wildman–Crippen LogP) is 5.15. The van der Waals surface area contributed by atoms with E-state index in [4.69, 9.17) is 21.1 Å². The number of hydrogen-bond acceptors (Lipinski definition) is 4. The molecule has 0 aliphatic carbocycles. The molecule has 31 heavy (non-hydrogen) atoms. The van der Waals surface area contributed by atoms with Gasteiger partial charge in [-0.25, -0.2) is 4.39 Å². The Morgan fingerprint density at radius 1 is 0.935 bits per heavy atom. The van der Waals surface area contributed by atoms with Crippen LogP contribution in [0, 0.1) is 5.82 Å². The van der Waals surface area contributed by atoms with Crippen molar-refractivity contribution in [1.29, 1.82) is 0 Å². The van der Waals surface area contributed by atoms with Crippen LogP contribution in [0.15, 0.2) is 66.7 Å². The van der Waals surface area contributed by atoms with Crippen LogP contribution in [0.1, 0.15) is 17.3 Å². The number of ether oxygens (including phenoxy) is 2. The van der Waals surface area contributed by atoms with Crippen LogP contribution < -0.4 is 20.1 Å². The van der Waals surface area contributed by atoms with E-state index >= 15 is 0 Å². The van der Waals surface area contributed by atoms with Crippen molar-refractivity contribution >= 4 is 34.8 Å². The van der Waals surface area contributed by atoms with Gasteiger partial charge in [0.15, 0.2) is 6.10 Å². The predicted molar refractivity (Wildman–Crippen MR) is 118 cm³/mol. The molecule has 2 N–H and O–H groups in total. The molecule has 8 heteroatoms. The molecule has 0 aromatic heterocycles. The average Bonchev–Trinajstić information content (AvgIpc) is 2.76. The molecule has 1 unspecified atom stereocenters. The average molecular weight is 443 g/mol. The molecule has 0 fully saturated rings. The maximum Gasteiger partial charge on any atom is 0.265 e. The van der Waals surface area contributed by atoms with Gasteiger partial charge in [-0.05, 0) is 73.7 Å². The minimum Gasteiger partial charge on any atom is -0.495 e. The minimum atomic E-state index is -0.800. The lowest BCUT2D eigenvalue weighted by Crippen LogP contribution is -2.30. The van der Waals surface area contributed by atoms with Gasteiger partial charge in [0.05, 0.1) is 12.1 Å². The van der Waals surface area contributed by atoms with E-state index < -0.39 is 6.10 Å². The summed E-state index contributed by atoms with van der Waals surface area (Å²) in [6, 6.07) is 16.7. The van der Waals surface area contributed by atoms with Gasteiger partial charge in [-0.15, -0.1) is 0 Å². The van der Waals surface area contributed by atoms with Gasteiger partial charge in [0.2, 0.25) is 0 Å². The zero-order valence-corrected chi connectivity index (χ0v) is 17.6. The number of nitrogens with one attached hydrogen (secondary N) is 2. The number of halogens is 2. The summed E-state index contributed by atoms with van der Waals surface area (Å²) in [5, 5.41) is 5.78. The minimum absolute atomic E-state index is 0.324. The first kappa shape index (κ1) is 22.1. The molecular formula is C23H20ClFN2O4. The number of benzene rings is 3. The molecule has 1 atom stereocenters. The lowest BCUT2D eigenvalue weighted by atomic mass is 10.2. The molecule has 0 saturated heterocycles. The largest absolute Gasteiger partial charge is 0.495 e. The smallest absolute Gasteiger partial charge is 0.265 e. The number of carbonyl (C=O) groups is 2. The first-order valence-electron chi connectivity index (χ1n) is 9.34. The third kappa shape index (κ3) is 5.96. The zero-order valence-electron chi connectivity index (χ0n) is 16.8. The second kappa shape index (κ2) is 9.95. The molecule has 0 aliphatic rings. The quantitative estimate of drug-likeness (QED) is 0.530. The van der Waals surface area contributed by atoms with Crippen LogP contribution in [0.3, 0.4) is 0 Å². The molecule has 0 radical (unpaired) electrons. The van der Waals surface area contributed by atoms with E-state index in [1.54, 1.807) is 49.4 Å². The molecule has 3 aromatic rings. The highest BCUT2D eigenvalue weighted by atomic mass is 35.5. The normalized spacial score (nSPS) is 11.4. The Morgan fingerprint density at radius 3 is 2.19 bits per heavy atom. The SMILES string of the molecule is COc1ccc(NC(=O)c2ccc(OC(C)C(=O)Nc3ccc(F)cc3)cc2)cc1Cl.